The van der Waals surface area contributed by atoms with E-state index in [1.165, 1.54) is 5.70 Å². The molecule has 0 saturated carbocycles. The lowest BCUT2D eigenvalue weighted by Gasteiger charge is -2.30. The molecule has 0 aromatic rings. The van der Waals surface area contributed by atoms with E-state index in [2.05, 4.69) is 23.7 Å². The lowest BCUT2D eigenvalue weighted by Crippen LogP contribution is -2.42. The Morgan fingerprint density at radius 1 is 1.50 bits per heavy atom. The largest absolute Gasteiger partial charge is 0.373 e. The summed E-state index contributed by atoms with van der Waals surface area (Å²) >= 11 is 0. The number of nitrogens with one attached hydrogen (secondary N) is 1. The van der Waals surface area contributed by atoms with Crippen LogP contribution in [0, 0.1) is 0 Å². The lowest BCUT2D eigenvalue weighted by atomic mass is 10.3. The molecule has 0 aliphatic carbocycles. The zero-order valence-corrected chi connectivity index (χ0v) is 6.69. The van der Waals surface area contributed by atoms with Crippen LogP contribution in [0.1, 0.15) is 13.3 Å². The monoisotopic (exact) mass is 140 g/mol. The van der Waals surface area contributed by atoms with Crippen molar-refractivity contribution in [3.8, 4) is 0 Å². The molecule has 2 heteroatoms. The highest BCUT2D eigenvalue weighted by Gasteiger charge is 2.08. The van der Waals surface area contributed by atoms with E-state index in [9.17, 15) is 0 Å². The fraction of sp³-hybridized carbons (Fsp3) is 0.750. The van der Waals surface area contributed by atoms with E-state index >= 15 is 0 Å². The molecular formula is C8H16N2. The summed E-state index contributed by atoms with van der Waals surface area (Å²) in [6.45, 7) is 10.6. The highest BCUT2D eigenvalue weighted by molar-refractivity contribution is 4.94. The van der Waals surface area contributed by atoms with Crippen LogP contribution in [0.25, 0.3) is 0 Å². The average molecular weight is 140 g/mol. The number of allylic oxidation sites excluding steroid dienone is 1. The van der Waals surface area contributed by atoms with Gasteiger partial charge in [-0.1, -0.05) is 13.5 Å². The van der Waals surface area contributed by atoms with Gasteiger partial charge < -0.3 is 10.2 Å². The predicted octanol–water partition coefficient (Wildman–Crippen LogP) is 0.815. The molecule has 0 amide bonds. The molecular weight excluding hydrogens is 124 g/mol. The van der Waals surface area contributed by atoms with Crippen molar-refractivity contribution in [1.82, 2.24) is 10.2 Å². The summed E-state index contributed by atoms with van der Waals surface area (Å²) in [4.78, 5) is 2.36. The van der Waals surface area contributed by atoms with Crippen LogP contribution in [0.4, 0.5) is 0 Å². The fourth-order valence-electron chi connectivity index (χ4n) is 1.20. The molecule has 0 aromatic carbocycles. The van der Waals surface area contributed by atoms with E-state index in [1.54, 1.807) is 0 Å². The van der Waals surface area contributed by atoms with Gasteiger partial charge in [-0.05, 0) is 6.42 Å². The van der Waals surface area contributed by atoms with Gasteiger partial charge in [0, 0.05) is 31.9 Å². The van der Waals surface area contributed by atoms with Gasteiger partial charge in [0.05, 0.1) is 0 Å². The standard InChI is InChI=1S/C8H16N2/c1-3-8(2)10-6-4-9-5-7-10/h9H,2-7H2,1H3. The maximum atomic E-state index is 4.00. The molecule has 0 bridgehead atoms. The normalized spacial score (nSPS) is 19.1. The second kappa shape index (κ2) is 3.62. The van der Waals surface area contributed by atoms with Gasteiger partial charge in [0.2, 0.25) is 0 Å². The third-order valence-corrected chi connectivity index (χ3v) is 1.97. The SMILES string of the molecule is C=C(CC)N1CCNCC1. The lowest BCUT2D eigenvalue weighted by molar-refractivity contribution is 0.293. The maximum absolute atomic E-state index is 4.00. The molecule has 10 heavy (non-hydrogen) atoms. The average Bonchev–Trinajstić information content (AvgIpc) is 2.05. The van der Waals surface area contributed by atoms with Crippen LogP contribution < -0.4 is 5.32 Å². The van der Waals surface area contributed by atoms with Gasteiger partial charge in [-0.3, -0.25) is 0 Å². The molecule has 0 spiro atoms. The minimum Gasteiger partial charge on any atom is -0.373 e. The Labute approximate surface area is 62.9 Å². The van der Waals surface area contributed by atoms with E-state index in [1.807, 2.05) is 0 Å². The number of hydrogen-bond donors (Lipinski definition) is 1. The molecule has 0 radical (unpaired) electrons. The maximum Gasteiger partial charge on any atom is 0.0300 e. The molecule has 1 aliphatic rings. The molecule has 0 atom stereocenters. The summed E-state index contributed by atoms with van der Waals surface area (Å²) in [5, 5.41) is 3.31. The number of rotatable bonds is 2. The van der Waals surface area contributed by atoms with Crippen molar-refractivity contribution < 1.29 is 0 Å². The third kappa shape index (κ3) is 1.74. The van der Waals surface area contributed by atoms with Crippen LogP contribution in [-0.4, -0.2) is 31.1 Å². The van der Waals surface area contributed by atoms with Gasteiger partial charge in [0.1, 0.15) is 0 Å². The van der Waals surface area contributed by atoms with Gasteiger partial charge in [0.15, 0.2) is 0 Å². The van der Waals surface area contributed by atoms with Crippen LogP contribution in [0.2, 0.25) is 0 Å². The smallest absolute Gasteiger partial charge is 0.0300 e. The minimum atomic E-state index is 1.08. The second-order valence-electron chi connectivity index (χ2n) is 2.66. The van der Waals surface area contributed by atoms with Gasteiger partial charge in [-0.25, -0.2) is 0 Å². The zero-order chi connectivity index (χ0) is 7.40. The molecule has 0 aromatic heterocycles. The van der Waals surface area contributed by atoms with Crippen molar-refractivity contribution in [2.24, 2.45) is 0 Å². The van der Waals surface area contributed by atoms with Gasteiger partial charge in [-0.2, -0.15) is 0 Å². The molecule has 2 nitrogen and oxygen atoms in total. The molecule has 0 unspecified atom stereocenters. The van der Waals surface area contributed by atoms with Crippen molar-refractivity contribution in [1.29, 1.82) is 0 Å². The first-order chi connectivity index (χ1) is 4.84. The van der Waals surface area contributed by atoms with Crippen molar-refractivity contribution in [2.75, 3.05) is 26.2 Å². The van der Waals surface area contributed by atoms with Crippen LogP contribution in [0.15, 0.2) is 12.3 Å². The molecule has 58 valence electrons. The van der Waals surface area contributed by atoms with Crippen molar-refractivity contribution in [3.63, 3.8) is 0 Å². The first-order valence-electron chi connectivity index (χ1n) is 3.98. The van der Waals surface area contributed by atoms with Crippen LogP contribution in [0.5, 0.6) is 0 Å². The van der Waals surface area contributed by atoms with Gasteiger partial charge in [0.25, 0.3) is 0 Å². The highest BCUT2D eigenvalue weighted by Crippen LogP contribution is 2.05. The molecule has 1 fully saturated rings. The summed E-state index contributed by atoms with van der Waals surface area (Å²) in [6.07, 6.45) is 1.08. The molecule has 1 saturated heterocycles. The van der Waals surface area contributed by atoms with E-state index in [4.69, 9.17) is 0 Å². The second-order valence-corrected chi connectivity index (χ2v) is 2.66. The number of hydrogen-bond acceptors (Lipinski definition) is 2. The Kier molecular flexibility index (Phi) is 2.75. The predicted molar refractivity (Wildman–Crippen MR) is 43.9 cm³/mol. The summed E-state index contributed by atoms with van der Waals surface area (Å²) in [5.41, 5.74) is 1.28. The third-order valence-electron chi connectivity index (χ3n) is 1.97. The first kappa shape index (κ1) is 7.61. The number of nitrogens with zero attached hydrogens (tertiary/aromatic N) is 1. The summed E-state index contributed by atoms with van der Waals surface area (Å²) in [7, 11) is 0. The van der Waals surface area contributed by atoms with Crippen LogP contribution in [0.3, 0.4) is 0 Å². The highest BCUT2D eigenvalue weighted by atomic mass is 15.2. The van der Waals surface area contributed by atoms with E-state index in [0.717, 1.165) is 32.6 Å². The zero-order valence-electron chi connectivity index (χ0n) is 6.69. The van der Waals surface area contributed by atoms with E-state index in [0.29, 0.717) is 0 Å². The number of piperazine rings is 1. The summed E-state index contributed by atoms with van der Waals surface area (Å²) in [6, 6.07) is 0. The fourth-order valence-corrected chi connectivity index (χ4v) is 1.20. The van der Waals surface area contributed by atoms with Gasteiger partial charge >= 0.3 is 0 Å². The van der Waals surface area contributed by atoms with E-state index < -0.39 is 0 Å². The van der Waals surface area contributed by atoms with Crippen molar-refractivity contribution in [2.45, 2.75) is 13.3 Å². The Morgan fingerprint density at radius 3 is 2.60 bits per heavy atom. The van der Waals surface area contributed by atoms with E-state index in [-0.39, 0.29) is 0 Å². The van der Waals surface area contributed by atoms with Crippen LogP contribution >= 0.6 is 0 Å². The van der Waals surface area contributed by atoms with Crippen molar-refractivity contribution >= 4 is 0 Å². The Balaban J connectivity index is 2.31. The quantitative estimate of drug-likeness (QED) is 0.610. The molecule has 1 heterocycles. The summed E-state index contributed by atoms with van der Waals surface area (Å²) in [5.74, 6) is 0. The Bertz CT molecular complexity index is 114. The van der Waals surface area contributed by atoms with Crippen molar-refractivity contribution in [3.05, 3.63) is 12.3 Å². The molecule has 1 N–H and O–H groups in total. The topological polar surface area (TPSA) is 15.3 Å². The van der Waals surface area contributed by atoms with Gasteiger partial charge in [-0.15, -0.1) is 0 Å². The Hall–Kier alpha value is -0.500. The van der Waals surface area contributed by atoms with Crippen LogP contribution in [-0.2, 0) is 0 Å². The minimum absolute atomic E-state index is 1.08. The molecule has 1 aliphatic heterocycles. The first-order valence-corrected chi connectivity index (χ1v) is 3.98. The Morgan fingerprint density at radius 2 is 2.10 bits per heavy atom. The summed E-state index contributed by atoms with van der Waals surface area (Å²) < 4.78 is 0. The molecule has 1 rings (SSSR count).